The predicted molar refractivity (Wildman–Crippen MR) is 54.8 cm³/mol. The smallest absolute Gasteiger partial charge is 0.277 e. The zero-order valence-electron chi connectivity index (χ0n) is 8.37. The summed E-state index contributed by atoms with van der Waals surface area (Å²) >= 11 is 0. The van der Waals surface area contributed by atoms with Crippen LogP contribution in [0.3, 0.4) is 0 Å². The van der Waals surface area contributed by atoms with Crippen LogP contribution in [-0.4, -0.2) is 9.78 Å². The van der Waals surface area contributed by atoms with Gasteiger partial charge in [-0.15, -0.1) is 0 Å². The van der Waals surface area contributed by atoms with E-state index in [1.807, 2.05) is 0 Å². The average molecular weight is 220 g/mol. The minimum absolute atomic E-state index is 0.126. The number of aromatic nitrogens is 2. The Bertz CT molecular complexity index is 583. The van der Waals surface area contributed by atoms with Crippen LogP contribution in [0.1, 0.15) is 11.3 Å². The van der Waals surface area contributed by atoms with Gasteiger partial charge < -0.3 is 4.74 Å². The van der Waals surface area contributed by atoms with Crippen molar-refractivity contribution in [2.75, 3.05) is 0 Å². The molecule has 0 atom stereocenters. The lowest BCUT2D eigenvalue weighted by Crippen LogP contribution is -2.17. The summed E-state index contributed by atoms with van der Waals surface area (Å²) in [5.74, 6) is -0.320. The molecule has 5 heteroatoms. The number of hydrogen-bond donors (Lipinski definition) is 1. The molecule has 0 amide bonds. The molecule has 4 nitrogen and oxygen atoms in total. The Kier molecular flexibility index (Phi) is 1.94. The van der Waals surface area contributed by atoms with Gasteiger partial charge in [-0.3, -0.25) is 9.89 Å². The summed E-state index contributed by atoms with van der Waals surface area (Å²) in [6, 6.07) is 5.76. The fourth-order valence-corrected chi connectivity index (χ4v) is 1.81. The molecule has 0 aliphatic carbocycles. The highest BCUT2D eigenvalue weighted by Crippen LogP contribution is 2.15. The minimum atomic E-state index is -0.320. The first kappa shape index (κ1) is 9.35. The molecule has 3 rings (SSSR count). The van der Waals surface area contributed by atoms with E-state index in [1.165, 1.54) is 16.8 Å². The van der Waals surface area contributed by atoms with E-state index < -0.39 is 0 Å². The summed E-state index contributed by atoms with van der Waals surface area (Å²) < 4.78 is 19.3. The second-order valence-corrected chi connectivity index (χ2v) is 3.68. The topological polar surface area (TPSA) is 47.0 Å². The Labute approximate surface area is 90.3 Å². The van der Waals surface area contributed by atoms with Crippen LogP contribution >= 0.6 is 0 Å². The zero-order chi connectivity index (χ0) is 11.1. The number of nitrogens with zero attached hydrogens (tertiary/aromatic N) is 1. The second kappa shape index (κ2) is 3.31. The Hall–Kier alpha value is -1.88. The largest absolute Gasteiger partial charge is 0.370 e. The quantitative estimate of drug-likeness (QED) is 0.788. The highest BCUT2D eigenvalue weighted by molar-refractivity contribution is 5.33. The van der Waals surface area contributed by atoms with Crippen molar-refractivity contribution in [2.24, 2.45) is 0 Å². The van der Waals surface area contributed by atoms with E-state index >= 15 is 0 Å². The number of halogens is 1. The first-order chi connectivity index (χ1) is 7.75. The molecular formula is C11H9FN2O2. The van der Waals surface area contributed by atoms with Gasteiger partial charge in [-0.2, -0.15) is 0 Å². The molecule has 0 fully saturated rings. The molecule has 1 aromatic carbocycles. The lowest BCUT2D eigenvalue weighted by molar-refractivity contribution is 0.130. The van der Waals surface area contributed by atoms with E-state index in [0.29, 0.717) is 24.5 Å². The summed E-state index contributed by atoms with van der Waals surface area (Å²) in [7, 11) is 0. The number of fused-ring (bicyclic) bond motifs is 1. The molecule has 1 aromatic heterocycles. The summed E-state index contributed by atoms with van der Waals surface area (Å²) in [6.07, 6.45) is 0. The third-order valence-electron chi connectivity index (χ3n) is 2.65. The van der Waals surface area contributed by atoms with Crippen molar-refractivity contribution in [3.63, 3.8) is 0 Å². The molecule has 1 aliphatic heterocycles. The normalized spacial score (nSPS) is 14.1. The van der Waals surface area contributed by atoms with Gasteiger partial charge in [-0.25, -0.2) is 9.07 Å². The molecule has 16 heavy (non-hydrogen) atoms. The van der Waals surface area contributed by atoms with Crippen molar-refractivity contribution in [1.29, 1.82) is 0 Å². The van der Waals surface area contributed by atoms with E-state index in [-0.39, 0.29) is 11.4 Å². The van der Waals surface area contributed by atoms with E-state index in [9.17, 15) is 9.18 Å². The van der Waals surface area contributed by atoms with Crippen LogP contribution in [-0.2, 0) is 18.0 Å². The van der Waals surface area contributed by atoms with Gasteiger partial charge in [-0.1, -0.05) is 0 Å². The van der Waals surface area contributed by atoms with Gasteiger partial charge in [0.1, 0.15) is 5.82 Å². The van der Waals surface area contributed by atoms with E-state index in [1.54, 1.807) is 12.1 Å². The van der Waals surface area contributed by atoms with Crippen LogP contribution in [0.25, 0.3) is 5.69 Å². The fraction of sp³-hybridized carbons (Fsp3) is 0.182. The van der Waals surface area contributed by atoms with Gasteiger partial charge >= 0.3 is 0 Å². The SMILES string of the molecule is O=c1c2c([nH]n1-c1ccc(F)cc1)COC2. The van der Waals surface area contributed by atoms with Crippen molar-refractivity contribution in [3.05, 3.63) is 51.7 Å². The van der Waals surface area contributed by atoms with Crippen LogP contribution in [0.2, 0.25) is 0 Å². The number of ether oxygens (including phenoxy) is 1. The molecule has 2 aromatic rings. The number of benzene rings is 1. The number of H-pyrrole nitrogens is 1. The monoisotopic (exact) mass is 220 g/mol. The molecule has 0 radical (unpaired) electrons. The average Bonchev–Trinajstić information content (AvgIpc) is 2.84. The molecule has 0 saturated heterocycles. The highest BCUT2D eigenvalue weighted by Gasteiger charge is 2.20. The van der Waals surface area contributed by atoms with Crippen molar-refractivity contribution >= 4 is 0 Å². The third kappa shape index (κ3) is 1.29. The molecule has 1 aliphatic rings. The molecule has 2 heterocycles. The highest BCUT2D eigenvalue weighted by atomic mass is 19.1. The first-order valence-electron chi connectivity index (χ1n) is 4.92. The van der Waals surface area contributed by atoms with Crippen molar-refractivity contribution < 1.29 is 9.13 Å². The standard InChI is InChI=1S/C11H9FN2O2/c12-7-1-3-8(4-2-7)14-11(15)9-5-16-6-10(9)13-14/h1-4,13H,5-6H2. The zero-order valence-corrected chi connectivity index (χ0v) is 8.37. The van der Waals surface area contributed by atoms with Crippen LogP contribution in [0.5, 0.6) is 0 Å². The van der Waals surface area contributed by atoms with Crippen molar-refractivity contribution in [1.82, 2.24) is 9.78 Å². The molecular weight excluding hydrogens is 211 g/mol. The van der Waals surface area contributed by atoms with Gasteiger partial charge in [0.15, 0.2) is 0 Å². The molecule has 82 valence electrons. The maximum absolute atomic E-state index is 12.7. The van der Waals surface area contributed by atoms with E-state index in [4.69, 9.17) is 4.74 Å². The molecule has 0 spiro atoms. The predicted octanol–water partition coefficient (Wildman–Crippen LogP) is 1.33. The number of nitrogens with one attached hydrogen (secondary N) is 1. The van der Waals surface area contributed by atoms with Crippen LogP contribution in [0.4, 0.5) is 4.39 Å². The van der Waals surface area contributed by atoms with Gasteiger partial charge in [0.05, 0.1) is 30.2 Å². The Morgan fingerprint density at radius 2 is 2.00 bits per heavy atom. The van der Waals surface area contributed by atoms with E-state index in [2.05, 4.69) is 5.10 Å². The molecule has 0 unspecified atom stereocenters. The lowest BCUT2D eigenvalue weighted by Gasteiger charge is -2.01. The van der Waals surface area contributed by atoms with Crippen LogP contribution in [0, 0.1) is 5.82 Å². The maximum Gasteiger partial charge on any atom is 0.277 e. The third-order valence-corrected chi connectivity index (χ3v) is 2.65. The van der Waals surface area contributed by atoms with Crippen molar-refractivity contribution in [2.45, 2.75) is 13.2 Å². The second-order valence-electron chi connectivity index (χ2n) is 3.68. The maximum atomic E-state index is 12.7. The van der Waals surface area contributed by atoms with Gasteiger partial charge in [0.2, 0.25) is 0 Å². The van der Waals surface area contributed by atoms with Crippen LogP contribution < -0.4 is 5.56 Å². The Morgan fingerprint density at radius 1 is 1.25 bits per heavy atom. The summed E-state index contributed by atoms with van der Waals surface area (Å²) in [5.41, 5.74) is 1.96. The van der Waals surface area contributed by atoms with E-state index in [0.717, 1.165) is 5.69 Å². The van der Waals surface area contributed by atoms with Gasteiger partial charge in [0, 0.05) is 0 Å². The Balaban J connectivity index is 2.14. The van der Waals surface area contributed by atoms with Gasteiger partial charge in [-0.05, 0) is 24.3 Å². The van der Waals surface area contributed by atoms with Crippen molar-refractivity contribution in [3.8, 4) is 5.69 Å². The minimum Gasteiger partial charge on any atom is -0.370 e. The Morgan fingerprint density at radius 3 is 2.69 bits per heavy atom. The molecule has 1 N–H and O–H groups in total. The summed E-state index contributed by atoms with van der Waals surface area (Å²) in [4.78, 5) is 11.9. The number of hydrogen-bond acceptors (Lipinski definition) is 2. The number of rotatable bonds is 1. The van der Waals surface area contributed by atoms with Crippen LogP contribution in [0.15, 0.2) is 29.1 Å². The fourth-order valence-electron chi connectivity index (χ4n) is 1.81. The molecule has 0 bridgehead atoms. The van der Waals surface area contributed by atoms with Gasteiger partial charge in [0.25, 0.3) is 5.56 Å². The molecule has 0 saturated carbocycles. The summed E-state index contributed by atoms with van der Waals surface area (Å²) in [5, 5.41) is 2.95. The number of aromatic amines is 1. The lowest BCUT2D eigenvalue weighted by atomic mass is 10.3. The summed E-state index contributed by atoms with van der Waals surface area (Å²) in [6.45, 7) is 0.775. The first-order valence-corrected chi connectivity index (χ1v) is 4.92.